The van der Waals surface area contributed by atoms with Crippen molar-refractivity contribution < 1.29 is 22.7 Å². The van der Waals surface area contributed by atoms with Crippen molar-refractivity contribution in [3.8, 4) is 0 Å². The van der Waals surface area contributed by atoms with E-state index in [-0.39, 0.29) is 17.2 Å². The van der Waals surface area contributed by atoms with Crippen LogP contribution in [-0.4, -0.2) is 45.2 Å². The van der Waals surface area contributed by atoms with Crippen LogP contribution in [0.5, 0.6) is 0 Å². The predicted molar refractivity (Wildman–Crippen MR) is 111 cm³/mol. The van der Waals surface area contributed by atoms with Gasteiger partial charge in [0.25, 0.3) is 5.91 Å². The van der Waals surface area contributed by atoms with Crippen LogP contribution >= 0.6 is 0 Å². The summed E-state index contributed by atoms with van der Waals surface area (Å²) in [5.41, 5.74) is 2.18. The Morgan fingerprint density at radius 2 is 1.93 bits per heavy atom. The van der Waals surface area contributed by atoms with Crippen molar-refractivity contribution in [3.05, 3.63) is 41.5 Å². The van der Waals surface area contributed by atoms with Gasteiger partial charge in [0.2, 0.25) is 10.0 Å². The first-order chi connectivity index (χ1) is 13.9. The minimum Gasteiger partial charge on any atom is -0.449 e. The number of hydrogen-bond donors (Lipinski definition) is 1. The minimum absolute atomic E-state index is 0.140. The van der Waals surface area contributed by atoms with E-state index in [0.29, 0.717) is 25.2 Å². The lowest BCUT2D eigenvalue weighted by molar-refractivity contribution is -0.129. The molecule has 1 aromatic rings. The Bertz CT molecular complexity index is 877. The first kappa shape index (κ1) is 21.4. The summed E-state index contributed by atoms with van der Waals surface area (Å²) in [6.45, 7) is 2.52. The van der Waals surface area contributed by atoms with Gasteiger partial charge < -0.3 is 10.1 Å². The maximum Gasteiger partial charge on any atom is 0.338 e. The number of benzene rings is 1. The number of anilines is 1. The second-order valence-corrected chi connectivity index (χ2v) is 9.50. The highest BCUT2D eigenvalue weighted by Gasteiger charge is 2.28. The maximum absolute atomic E-state index is 12.3. The third-order valence-electron chi connectivity index (χ3n) is 5.27. The molecule has 1 aliphatic heterocycles. The number of rotatable bonds is 7. The fraction of sp³-hybridized carbons (Fsp3) is 0.524. The molecule has 2 aliphatic rings. The van der Waals surface area contributed by atoms with Crippen LogP contribution in [0.25, 0.3) is 0 Å². The zero-order chi connectivity index (χ0) is 20.9. The molecule has 158 valence electrons. The largest absolute Gasteiger partial charge is 0.449 e. The number of amides is 1. The number of sulfonamides is 1. The molecule has 0 radical (unpaired) electrons. The van der Waals surface area contributed by atoms with Gasteiger partial charge in [-0.25, -0.2) is 13.2 Å². The molecule has 0 bridgehead atoms. The monoisotopic (exact) mass is 420 g/mol. The summed E-state index contributed by atoms with van der Waals surface area (Å²) in [4.78, 5) is 24.5. The Kier molecular flexibility index (Phi) is 6.95. The predicted octanol–water partition coefficient (Wildman–Crippen LogP) is 2.78. The van der Waals surface area contributed by atoms with E-state index < -0.39 is 22.1 Å². The van der Waals surface area contributed by atoms with Gasteiger partial charge in [0.15, 0.2) is 6.10 Å². The van der Waals surface area contributed by atoms with E-state index in [2.05, 4.69) is 11.4 Å². The zero-order valence-electron chi connectivity index (χ0n) is 16.7. The number of nitrogens with one attached hydrogen (secondary N) is 1. The topological polar surface area (TPSA) is 92.8 Å². The third kappa shape index (κ3) is 5.59. The Labute approximate surface area is 172 Å². The Hall–Kier alpha value is -2.35. The van der Waals surface area contributed by atoms with Gasteiger partial charge in [-0.3, -0.25) is 9.10 Å². The molecule has 8 heteroatoms. The molecule has 1 fully saturated rings. The van der Waals surface area contributed by atoms with Crippen LogP contribution in [0.2, 0.25) is 0 Å². The number of esters is 1. The number of hydrogen-bond acceptors (Lipinski definition) is 5. The van der Waals surface area contributed by atoms with Crippen LogP contribution in [0.4, 0.5) is 5.69 Å². The molecule has 1 saturated heterocycles. The van der Waals surface area contributed by atoms with Gasteiger partial charge in [0, 0.05) is 13.1 Å². The fourth-order valence-corrected chi connectivity index (χ4v) is 5.16. The first-order valence-corrected chi connectivity index (χ1v) is 11.7. The van der Waals surface area contributed by atoms with Gasteiger partial charge in [0.05, 0.1) is 17.0 Å². The van der Waals surface area contributed by atoms with Crippen LogP contribution in [0, 0.1) is 0 Å². The number of nitrogens with zero attached hydrogens (tertiary/aromatic N) is 1. The van der Waals surface area contributed by atoms with E-state index in [0.717, 1.165) is 19.3 Å². The number of carbonyl (C=O) groups is 2. The van der Waals surface area contributed by atoms with E-state index in [1.165, 1.54) is 41.8 Å². The molecule has 1 amide bonds. The van der Waals surface area contributed by atoms with Crippen LogP contribution in [0.3, 0.4) is 0 Å². The first-order valence-electron chi connectivity index (χ1n) is 10.1. The average Bonchev–Trinajstić information content (AvgIpc) is 3.07. The number of carbonyl (C=O) groups excluding carboxylic acids is 2. The molecule has 0 spiro atoms. The molecular formula is C21H28N2O5S. The van der Waals surface area contributed by atoms with E-state index >= 15 is 0 Å². The molecule has 29 heavy (non-hydrogen) atoms. The zero-order valence-corrected chi connectivity index (χ0v) is 17.5. The molecule has 1 heterocycles. The van der Waals surface area contributed by atoms with Crippen molar-refractivity contribution in [1.82, 2.24) is 5.32 Å². The summed E-state index contributed by atoms with van der Waals surface area (Å²) < 4.78 is 30.5. The number of ether oxygens (including phenoxy) is 1. The smallest absolute Gasteiger partial charge is 0.338 e. The van der Waals surface area contributed by atoms with Crippen molar-refractivity contribution in [3.63, 3.8) is 0 Å². The van der Waals surface area contributed by atoms with Gasteiger partial charge in [-0.2, -0.15) is 0 Å². The molecule has 3 rings (SSSR count). The Morgan fingerprint density at radius 3 is 2.55 bits per heavy atom. The van der Waals surface area contributed by atoms with Gasteiger partial charge in [-0.15, -0.1) is 0 Å². The van der Waals surface area contributed by atoms with Crippen LogP contribution < -0.4 is 9.62 Å². The molecule has 0 aromatic heterocycles. The highest BCUT2D eigenvalue weighted by Crippen LogP contribution is 2.24. The SMILES string of the molecule is C[C@@H](OC(=O)c1ccc(N2CCCS2(=O)=O)cc1)C(=O)NCCC1=CCCCC1. The summed E-state index contributed by atoms with van der Waals surface area (Å²) >= 11 is 0. The van der Waals surface area contributed by atoms with Gasteiger partial charge in [-0.1, -0.05) is 11.6 Å². The van der Waals surface area contributed by atoms with Gasteiger partial charge in [0.1, 0.15) is 0 Å². The highest BCUT2D eigenvalue weighted by atomic mass is 32.2. The molecular weight excluding hydrogens is 392 g/mol. The molecule has 0 unspecified atom stereocenters. The number of allylic oxidation sites excluding steroid dienone is 1. The third-order valence-corrected chi connectivity index (χ3v) is 7.14. The summed E-state index contributed by atoms with van der Waals surface area (Å²) in [7, 11) is -3.26. The quantitative estimate of drug-likeness (QED) is 0.541. The molecule has 1 atom stereocenters. The van der Waals surface area contributed by atoms with Crippen LogP contribution in [-0.2, 0) is 19.6 Å². The van der Waals surface area contributed by atoms with Crippen molar-refractivity contribution >= 4 is 27.6 Å². The fourth-order valence-electron chi connectivity index (χ4n) is 3.60. The van der Waals surface area contributed by atoms with Crippen LogP contribution in [0.15, 0.2) is 35.9 Å². The van der Waals surface area contributed by atoms with Gasteiger partial charge in [-0.05, 0) is 69.7 Å². The molecule has 7 nitrogen and oxygen atoms in total. The normalized spacial score (nSPS) is 19.3. The van der Waals surface area contributed by atoms with E-state index in [4.69, 9.17) is 4.74 Å². The second-order valence-electron chi connectivity index (χ2n) is 7.49. The van der Waals surface area contributed by atoms with Crippen molar-refractivity contribution in [2.24, 2.45) is 0 Å². The molecule has 1 aliphatic carbocycles. The summed E-state index contributed by atoms with van der Waals surface area (Å²) in [5.74, 6) is -0.797. The van der Waals surface area contributed by atoms with Crippen molar-refractivity contribution in [2.75, 3.05) is 23.1 Å². The lowest BCUT2D eigenvalue weighted by Gasteiger charge is -2.17. The Morgan fingerprint density at radius 1 is 1.17 bits per heavy atom. The maximum atomic E-state index is 12.3. The summed E-state index contributed by atoms with van der Waals surface area (Å²) in [6.07, 6.45) is 7.41. The van der Waals surface area contributed by atoms with E-state index in [1.54, 1.807) is 12.1 Å². The molecule has 1 aromatic carbocycles. The lowest BCUT2D eigenvalue weighted by Crippen LogP contribution is -2.36. The molecule has 1 N–H and O–H groups in total. The molecule has 0 saturated carbocycles. The van der Waals surface area contributed by atoms with Crippen LogP contribution in [0.1, 0.15) is 55.8 Å². The van der Waals surface area contributed by atoms with E-state index in [1.807, 2.05) is 0 Å². The average molecular weight is 421 g/mol. The van der Waals surface area contributed by atoms with Gasteiger partial charge >= 0.3 is 5.97 Å². The Balaban J connectivity index is 1.48. The van der Waals surface area contributed by atoms with Crippen molar-refractivity contribution in [1.29, 1.82) is 0 Å². The summed E-state index contributed by atoms with van der Waals surface area (Å²) in [5, 5.41) is 2.81. The standard InChI is InChI=1S/C21H28N2O5S/c1-16(20(24)22-13-12-17-6-3-2-4-7-17)28-21(25)18-8-10-19(11-9-18)23-14-5-15-29(23,26)27/h6,8-11,16H,2-5,7,12-15H2,1H3,(H,22,24)/t16-/m1/s1. The highest BCUT2D eigenvalue weighted by molar-refractivity contribution is 7.93. The van der Waals surface area contributed by atoms with E-state index in [9.17, 15) is 18.0 Å². The lowest BCUT2D eigenvalue weighted by atomic mass is 9.97. The van der Waals surface area contributed by atoms with Crippen molar-refractivity contribution in [2.45, 2.75) is 51.6 Å². The second kappa shape index (κ2) is 9.43. The summed E-state index contributed by atoms with van der Waals surface area (Å²) in [6, 6.07) is 6.21. The minimum atomic E-state index is -3.26.